The van der Waals surface area contributed by atoms with Gasteiger partial charge in [0.2, 0.25) is 0 Å². The zero-order valence-electron chi connectivity index (χ0n) is 30.5. The molecule has 8 rings (SSSR count). The van der Waals surface area contributed by atoms with E-state index < -0.39 is 0 Å². The van der Waals surface area contributed by atoms with Crippen molar-refractivity contribution in [2.24, 2.45) is 5.92 Å². The largest absolute Gasteiger partial charge is 0.308 e. The quantitative estimate of drug-likeness (QED) is 0.189. The van der Waals surface area contributed by atoms with E-state index in [1.165, 1.54) is 22.1 Å². The van der Waals surface area contributed by atoms with Crippen LogP contribution in [0, 0.1) is 28.6 Å². The molecule has 0 spiro atoms. The molecule has 2 heterocycles. The summed E-state index contributed by atoms with van der Waals surface area (Å²) in [5, 5.41) is 24.5. The van der Waals surface area contributed by atoms with Crippen molar-refractivity contribution in [3.63, 3.8) is 0 Å². The van der Waals surface area contributed by atoms with Crippen LogP contribution in [-0.2, 0) is 17.3 Å². The maximum Gasteiger partial charge on any atom is 0.101 e. The minimum Gasteiger partial charge on any atom is -0.308 e. The number of allylic oxidation sites excluding steroid dienone is 1. The molecule has 0 aliphatic heterocycles. The highest BCUT2D eigenvalue weighted by molar-refractivity contribution is 6.09. The molecule has 1 aliphatic carbocycles. The molecule has 4 nitrogen and oxygen atoms in total. The molecule has 4 heteroatoms. The van der Waals surface area contributed by atoms with E-state index in [1.807, 2.05) is 24.3 Å². The van der Waals surface area contributed by atoms with Crippen molar-refractivity contribution in [1.29, 1.82) is 10.5 Å². The lowest BCUT2D eigenvalue weighted by Gasteiger charge is -2.20. The number of para-hydroxylation sites is 1. The van der Waals surface area contributed by atoms with Crippen molar-refractivity contribution in [3.05, 3.63) is 137 Å². The highest BCUT2D eigenvalue weighted by Crippen LogP contribution is 2.41. The standard InChI is InChI=1S/C47H42N4/c1-29-12-21-41-39(22-29)38-20-18-35(47(5,6)7)26-45(38)51(41)43-24-31(14-16-33(43)28-49)30-13-15-32(27-48)42(23-30)50-40-11-9-8-10-36(40)37-19-17-34(25-44(37)50)46(2,3)4/h8-21,23-26,29H,22H2,1-7H3. The molecule has 1 aliphatic rings. The molecule has 7 aromatic rings. The van der Waals surface area contributed by atoms with E-state index in [-0.39, 0.29) is 10.8 Å². The normalized spacial score (nSPS) is 14.6. The number of nitriles is 2. The van der Waals surface area contributed by atoms with Crippen LogP contribution in [0.25, 0.3) is 61.3 Å². The Morgan fingerprint density at radius 3 is 1.71 bits per heavy atom. The van der Waals surface area contributed by atoms with Crippen LogP contribution in [0.4, 0.5) is 0 Å². The molecule has 51 heavy (non-hydrogen) atoms. The van der Waals surface area contributed by atoms with Gasteiger partial charge in [-0.2, -0.15) is 10.5 Å². The molecule has 0 amide bonds. The first-order valence-electron chi connectivity index (χ1n) is 17.9. The van der Waals surface area contributed by atoms with Crippen molar-refractivity contribution >= 4 is 38.8 Å². The van der Waals surface area contributed by atoms with Gasteiger partial charge in [-0.05, 0) is 99.5 Å². The predicted molar refractivity (Wildman–Crippen MR) is 212 cm³/mol. The van der Waals surface area contributed by atoms with Gasteiger partial charge < -0.3 is 9.13 Å². The summed E-state index contributed by atoms with van der Waals surface area (Å²) in [7, 11) is 0. The Hall–Kier alpha value is -5.84. The summed E-state index contributed by atoms with van der Waals surface area (Å²) in [5.74, 6) is 0.443. The van der Waals surface area contributed by atoms with Crippen LogP contribution >= 0.6 is 0 Å². The van der Waals surface area contributed by atoms with Gasteiger partial charge in [0.05, 0.1) is 39.1 Å². The number of fused-ring (bicyclic) bond motifs is 6. The molecule has 2 aromatic heterocycles. The highest BCUT2D eigenvalue weighted by Gasteiger charge is 2.25. The maximum absolute atomic E-state index is 10.5. The van der Waals surface area contributed by atoms with E-state index in [4.69, 9.17) is 0 Å². The van der Waals surface area contributed by atoms with Crippen LogP contribution in [-0.4, -0.2) is 9.13 Å². The van der Waals surface area contributed by atoms with Gasteiger partial charge >= 0.3 is 0 Å². The van der Waals surface area contributed by atoms with E-state index in [0.29, 0.717) is 17.0 Å². The second-order valence-electron chi connectivity index (χ2n) is 16.2. The Morgan fingerprint density at radius 2 is 1.12 bits per heavy atom. The van der Waals surface area contributed by atoms with Crippen molar-refractivity contribution < 1.29 is 0 Å². The summed E-state index contributed by atoms with van der Waals surface area (Å²) in [6, 6.07) is 39.3. The molecule has 250 valence electrons. The smallest absolute Gasteiger partial charge is 0.101 e. The number of nitrogens with zero attached hydrogens (tertiary/aromatic N) is 4. The zero-order chi connectivity index (χ0) is 35.8. The molecular weight excluding hydrogens is 621 g/mol. The summed E-state index contributed by atoms with van der Waals surface area (Å²) in [4.78, 5) is 0. The van der Waals surface area contributed by atoms with E-state index >= 15 is 0 Å². The third kappa shape index (κ3) is 5.26. The van der Waals surface area contributed by atoms with Gasteiger partial charge in [0, 0.05) is 21.9 Å². The highest BCUT2D eigenvalue weighted by atomic mass is 15.0. The minimum atomic E-state index is -0.0308. The van der Waals surface area contributed by atoms with Crippen molar-refractivity contribution in [2.75, 3.05) is 0 Å². The molecule has 5 aromatic carbocycles. The van der Waals surface area contributed by atoms with E-state index in [9.17, 15) is 10.5 Å². The lowest BCUT2D eigenvalue weighted by molar-refractivity contribution is 0.590. The minimum absolute atomic E-state index is 0.0216. The Kier molecular flexibility index (Phi) is 7.37. The predicted octanol–water partition coefficient (Wildman–Crippen LogP) is 11.9. The fourth-order valence-corrected chi connectivity index (χ4v) is 7.81. The van der Waals surface area contributed by atoms with Crippen LogP contribution in [0.15, 0.2) is 103 Å². The third-order valence-corrected chi connectivity index (χ3v) is 10.7. The van der Waals surface area contributed by atoms with Gasteiger partial charge in [0.25, 0.3) is 0 Å². The average Bonchev–Trinajstić information content (AvgIpc) is 3.62. The topological polar surface area (TPSA) is 57.4 Å². The van der Waals surface area contributed by atoms with Crippen LogP contribution in [0.3, 0.4) is 0 Å². The Balaban J connectivity index is 1.37. The molecule has 0 N–H and O–H groups in total. The Bertz CT molecular complexity index is 2670. The van der Waals surface area contributed by atoms with E-state index in [2.05, 4.69) is 155 Å². The Morgan fingerprint density at radius 1 is 0.588 bits per heavy atom. The Labute approximate surface area is 300 Å². The molecule has 0 saturated carbocycles. The summed E-state index contributed by atoms with van der Waals surface area (Å²) >= 11 is 0. The maximum atomic E-state index is 10.5. The van der Waals surface area contributed by atoms with Crippen LogP contribution in [0.2, 0.25) is 0 Å². The molecule has 0 radical (unpaired) electrons. The van der Waals surface area contributed by atoms with Crippen LogP contribution < -0.4 is 0 Å². The summed E-state index contributed by atoms with van der Waals surface area (Å²) in [6.07, 6.45) is 5.48. The lowest BCUT2D eigenvalue weighted by Crippen LogP contribution is -2.11. The molecule has 0 bridgehead atoms. The first-order valence-corrected chi connectivity index (χ1v) is 17.9. The van der Waals surface area contributed by atoms with Crippen molar-refractivity contribution in [3.8, 4) is 34.6 Å². The first kappa shape index (κ1) is 32.4. The summed E-state index contributed by atoms with van der Waals surface area (Å²) < 4.78 is 4.55. The van der Waals surface area contributed by atoms with Gasteiger partial charge in [-0.15, -0.1) is 0 Å². The van der Waals surface area contributed by atoms with E-state index in [1.54, 1.807) is 0 Å². The van der Waals surface area contributed by atoms with Crippen molar-refractivity contribution in [2.45, 2.75) is 65.7 Å². The second-order valence-corrected chi connectivity index (χ2v) is 16.2. The third-order valence-electron chi connectivity index (χ3n) is 10.7. The van der Waals surface area contributed by atoms with Gasteiger partial charge in [-0.1, -0.05) is 109 Å². The zero-order valence-corrected chi connectivity index (χ0v) is 30.5. The van der Waals surface area contributed by atoms with Gasteiger partial charge in [-0.25, -0.2) is 0 Å². The summed E-state index contributed by atoms with van der Waals surface area (Å²) in [5.41, 5.74) is 13.1. The van der Waals surface area contributed by atoms with Gasteiger partial charge in [0.1, 0.15) is 12.1 Å². The van der Waals surface area contributed by atoms with Gasteiger partial charge in [-0.3, -0.25) is 0 Å². The first-order chi connectivity index (χ1) is 24.4. The molecule has 0 saturated heterocycles. The monoisotopic (exact) mass is 662 g/mol. The van der Waals surface area contributed by atoms with Gasteiger partial charge in [0.15, 0.2) is 0 Å². The van der Waals surface area contributed by atoms with Crippen molar-refractivity contribution in [1.82, 2.24) is 9.13 Å². The molecule has 1 atom stereocenters. The lowest BCUT2D eigenvalue weighted by atomic mass is 9.86. The number of hydrogen-bond donors (Lipinski definition) is 0. The number of hydrogen-bond acceptors (Lipinski definition) is 2. The number of rotatable bonds is 3. The number of benzene rings is 5. The molecule has 1 unspecified atom stereocenters. The van der Waals surface area contributed by atoms with Crippen LogP contribution in [0.1, 0.15) is 82.0 Å². The van der Waals surface area contributed by atoms with E-state index in [0.717, 1.165) is 61.9 Å². The summed E-state index contributed by atoms with van der Waals surface area (Å²) in [6.45, 7) is 15.7. The second kappa shape index (κ2) is 11.6. The molecular formula is C47H42N4. The molecule has 0 fully saturated rings. The average molecular weight is 663 g/mol. The SMILES string of the molecule is CC1C=Cc2c(c3ccc(C(C)(C)C)cc3n2-c2cc(-c3ccc(C#N)c(-n4c5ccccc5c5ccc(C(C)(C)C)cc54)c3)ccc2C#N)C1. The number of aromatic nitrogens is 2. The van der Waals surface area contributed by atoms with Crippen LogP contribution in [0.5, 0.6) is 0 Å². The fraction of sp³-hybridized carbons (Fsp3) is 0.234. The fourth-order valence-electron chi connectivity index (χ4n) is 7.81.